The lowest BCUT2D eigenvalue weighted by atomic mass is 10.0. The zero-order valence-corrected chi connectivity index (χ0v) is 13.3. The fourth-order valence-corrected chi connectivity index (χ4v) is 3.04. The summed E-state index contributed by atoms with van der Waals surface area (Å²) in [5.41, 5.74) is 3.60. The lowest BCUT2D eigenvalue weighted by Gasteiger charge is -2.14. The number of amides is 2. The summed E-state index contributed by atoms with van der Waals surface area (Å²) in [6.45, 7) is 0. The van der Waals surface area contributed by atoms with Crippen LogP contribution >= 0.6 is 0 Å². The maximum atomic E-state index is 12.5. The van der Waals surface area contributed by atoms with E-state index in [0.29, 0.717) is 23.2 Å². The molecule has 0 saturated carbocycles. The molecule has 25 heavy (non-hydrogen) atoms. The standard InChI is InChI=1S/C21H15NO3/c23-17-11-7-15(8-12-17)13-14-5-9-16(10-6-14)22-20(24)18-3-1-2-4-19(18)21(22)25/h1-12,23H,13H2. The molecular weight excluding hydrogens is 314 g/mol. The van der Waals surface area contributed by atoms with Crippen LogP contribution in [0, 0.1) is 0 Å². The van der Waals surface area contributed by atoms with Gasteiger partial charge < -0.3 is 5.11 Å². The third-order valence-corrected chi connectivity index (χ3v) is 4.33. The van der Waals surface area contributed by atoms with Crippen molar-refractivity contribution in [2.24, 2.45) is 0 Å². The fraction of sp³-hybridized carbons (Fsp3) is 0.0476. The number of anilines is 1. The molecule has 0 unspecified atom stereocenters. The van der Waals surface area contributed by atoms with Crippen molar-refractivity contribution in [3.63, 3.8) is 0 Å². The van der Waals surface area contributed by atoms with Crippen LogP contribution in [-0.4, -0.2) is 16.9 Å². The van der Waals surface area contributed by atoms with Crippen molar-refractivity contribution in [2.45, 2.75) is 6.42 Å². The van der Waals surface area contributed by atoms with Gasteiger partial charge >= 0.3 is 0 Å². The SMILES string of the molecule is O=C1c2ccccc2C(=O)N1c1ccc(Cc2ccc(O)cc2)cc1. The number of fused-ring (bicyclic) bond motifs is 1. The molecule has 4 nitrogen and oxygen atoms in total. The minimum Gasteiger partial charge on any atom is -0.508 e. The second kappa shape index (κ2) is 5.91. The van der Waals surface area contributed by atoms with Crippen molar-refractivity contribution in [1.82, 2.24) is 0 Å². The van der Waals surface area contributed by atoms with Crippen LogP contribution in [0.2, 0.25) is 0 Å². The van der Waals surface area contributed by atoms with E-state index in [4.69, 9.17) is 0 Å². The first-order chi connectivity index (χ1) is 12.1. The van der Waals surface area contributed by atoms with Gasteiger partial charge in [-0.3, -0.25) is 9.59 Å². The van der Waals surface area contributed by atoms with Crippen molar-refractivity contribution in [1.29, 1.82) is 0 Å². The van der Waals surface area contributed by atoms with E-state index in [1.807, 2.05) is 24.3 Å². The van der Waals surface area contributed by atoms with E-state index in [9.17, 15) is 14.7 Å². The van der Waals surface area contributed by atoms with Crippen LogP contribution in [0.3, 0.4) is 0 Å². The highest BCUT2D eigenvalue weighted by Crippen LogP contribution is 2.28. The minimum absolute atomic E-state index is 0.240. The average molecular weight is 329 g/mol. The Kier molecular flexibility index (Phi) is 3.58. The van der Waals surface area contributed by atoms with Crippen LogP contribution < -0.4 is 4.90 Å². The van der Waals surface area contributed by atoms with Gasteiger partial charge in [0.1, 0.15) is 5.75 Å². The molecule has 1 aliphatic heterocycles. The fourth-order valence-electron chi connectivity index (χ4n) is 3.04. The topological polar surface area (TPSA) is 57.6 Å². The number of phenolic OH excluding ortho intramolecular Hbond substituents is 1. The molecule has 0 saturated heterocycles. The monoisotopic (exact) mass is 329 g/mol. The normalized spacial score (nSPS) is 13.2. The molecule has 0 atom stereocenters. The van der Waals surface area contributed by atoms with Gasteiger partial charge in [0.25, 0.3) is 11.8 Å². The highest BCUT2D eigenvalue weighted by molar-refractivity contribution is 6.34. The summed E-state index contributed by atoms with van der Waals surface area (Å²) in [7, 11) is 0. The summed E-state index contributed by atoms with van der Waals surface area (Å²) in [6.07, 6.45) is 0.711. The molecule has 122 valence electrons. The Morgan fingerprint density at radius 2 is 1.16 bits per heavy atom. The largest absolute Gasteiger partial charge is 0.508 e. The second-order valence-corrected chi connectivity index (χ2v) is 6.00. The van der Waals surface area contributed by atoms with Crippen molar-refractivity contribution < 1.29 is 14.7 Å². The number of carbonyl (C=O) groups is 2. The van der Waals surface area contributed by atoms with Crippen molar-refractivity contribution in [3.8, 4) is 5.75 Å². The Morgan fingerprint density at radius 3 is 1.68 bits per heavy atom. The third kappa shape index (κ3) is 2.68. The van der Waals surface area contributed by atoms with Crippen molar-refractivity contribution >= 4 is 17.5 Å². The molecule has 1 aliphatic rings. The second-order valence-electron chi connectivity index (χ2n) is 6.00. The summed E-state index contributed by atoms with van der Waals surface area (Å²) in [5, 5.41) is 9.34. The Labute approximate surface area is 145 Å². The molecule has 1 N–H and O–H groups in total. The molecule has 0 bridgehead atoms. The molecule has 4 rings (SSSR count). The van der Waals surface area contributed by atoms with E-state index < -0.39 is 0 Å². The first-order valence-corrected chi connectivity index (χ1v) is 7.98. The quantitative estimate of drug-likeness (QED) is 0.744. The summed E-state index contributed by atoms with van der Waals surface area (Å²) in [5.74, 6) is -0.330. The van der Waals surface area contributed by atoms with Crippen LogP contribution in [0.4, 0.5) is 5.69 Å². The molecule has 1 heterocycles. The van der Waals surface area contributed by atoms with Crippen molar-refractivity contribution in [2.75, 3.05) is 4.90 Å². The van der Waals surface area contributed by atoms with E-state index in [1.165, 1.54) is 4.90 Å². The Morgan fingerprint density at radius 1 is 0.680 bits per heavy atom. The van der Waals surface area contributed by atoms with Gasteiger partial charge in [-0.05, 0) is 53.9 Å². The molecule has 0 aromatic heterocycles. The summed E-state index contributed by atoms with van der Waals surface area (Å²) >= 11 is 0. The number of nitrogens with zero attached hydrogens (tertiary/aromatic N) is 1. The number of hydrogen-bond donors (Lipinski definition) is 1. The molecule has 2 amide bonds. The first kappa shape index (κ1) is 15.1. The molecule has 3 aromatic rings. The number of aromatic hydroxyl groups is 1. The van der Waals surface area contributed by atoms with E-state index in [2.05, 4.69) is 0 Å². The van der Waals surface area contributed by atoms with E-state index in [1.54, 1.807) is 48.5 Å². The molecular formula is C21H15NO3. The van der Waals surface area contributed by atoms with E-state index in [-0.39, 0.29) is 17.6 Å². The maximum Gasteiger partial charge on any atom is 0.266 e. The van der Waals surface area contributed by atoms with Crippen LogP contribution in [0.5, 0.6) is 5.75 Å². The highest BCUT2D eigenvalue weighted by Gasteiger charge is 2.36. The van der Waals surface area contributed by atoms with Gasteiger partial charge in [0.2, 0.25) is 0 Å². The number of carbonyl (C=O) groups excluding carboxylic acids is 2. The zero-order chi connectivity index (χ0) is 17.4. The lowest BCUT2D eigenvalue weighted by molar-refractivity contribution is 0.0926. The highest BCUT2D eigenvalue weighted by atomic mass is 16.3. The van der Waals surface area contributed by atoms with Crippen LogP contribution in [0.1, 0.15) is 31.8 Å². The van der Waals surface area contributed by atoms with Gasteiger partial charge in [0.15, 0.2) is 0 Å². The van der Waals surface area contributed by atoms with Gasteiger partial charge in [0.05, 0.1) is 16.8 Å². The van der Waals surface area contributed by atoms with Crippen molar-refractivity contribution in [3.05, 3.63) is 95.1 Å². The van der Waals surface area contributed by atoms with Crippen LogP contribution in [0.25, 0.3) is 0 Å². The number of phenols is 1. The lowest BCUT2D eigenvalue weighted by Crippen LogP contribution is -2.29. The van der Waals surface area contributed by atoms with Crippen LogP contribution in [-0.2, 0) is 6.42 Å². The minimum atomic E-state index is -0.285. The molecule has 0 aliphatic carbocycles. The third-order valence-electron chi connectivity index (χ3n) is 4.33. The molecule has 0 fully saturated rings. The maximum absolute atomic E-state index is 12.5. The zero-order valence-electron chi connectivity index (χ0n) is 13.3. The van der Waals surface area contributed by atoms with E-state index in [0.717, 1.165) is 11.1 Å². The average Bonchev–Trinajstić information content (AvgIpc) is 2.89. The number of imide groups is 1. The Balaban J connectivity index is 1.58. The molecule has 0 radical (unpaired) electrons. The summed E-state index contributed by atoms with van der Waals surface area (Å²) < 4.78 is 0. The Bertz CT molecular complexity index is 924. The van der Waals surface area contributed by atoms with E-state index >= 15 is 0 Å². The smallest absolute Gasteiger partial charge is 0.266 e. The molecule has 4 heteroatoms. The number of benzene rings is 3. The van der Waals surface area contributed by atoms with Gasteiger partial charge in [-0.1, -0.05) is 36.4 Å². The molecule has 3 aromatic carbocycles. The van der Waals surface area contributed by atoms with Gasteiger partial charge in [-0.2, -0.15) is 0 Å². The predicted molar refractivity (Wildman–Crippen MR) is 94.9 cm³/mol. The van der Waals surface area contributed by atoms with Gasteiger partial charge in [-0.25, -0.2) is 4.90 Å². The van der Waals surface area contributed by atoms with Gasteiger partial charge in [-0.15, -0.1) is 0 Å². The van der Waals surface area contributed by atoms with Gasteiger partial charge in [0, 0.05) is 0 Å². The summed E-state index contributed by atoms with van der Waals surface area (Å²) in [6, 6.07) is 21.3. The number of rotatable bonds is 3. The first-order valence-electron chi connectivity index (χ1n) is 7.98. The summed E-state index contributed by atoms with van der Waals surface area (Å²) in [4.78, 5) is 26.2. The number of hydrogen-bond acceptors (Lipinski definition) is 3. The van der Waals surface area contributed by atoms with Crippen LogP contribution in [0.15, 0.2) is 72.8 Å². The Hall–Kier alpha value is -3.40. The predicted octanol–water partition coefficient (Wildman–Crippen LogP) is 3.78. The molecule has 0 spiro atoms.